The van der Waals surface area contributed by atoms with Crippen LogP contribution in [0.4, 0.5) is 21.7 Å². The predicted molar refractivity (Wildman–Crippen MR) is 173 cm³/mol. The summed E-state index contributed by atoms with van der Waals surface area (Å²) in [6.45, 7) is 11.9. The summed E-state index contributed by atoms with van der Waals surface area (Å²) in [5.74, 6) is 5.90. The molecule has 0 aliphatic carbocycles. The van der Waals surface area contributed by atoms with E-state index in [0.29, 0.717) is 47.0 Å². The standard InChI is InChI=1S/C34H39FN8O2/c1-23-6-8-27(32(44)38-29-11-10-28(30(35)17-29)20-42-14-12-41(5)13-15-42)16-26(23)9-7-25-18-36-33(37-19-25)39-31-21-43(40-24(31)2)22-34(3,4)45/h6,8,10-11,16-19,21,45H,12-15,20,22H2,1-5H3,(H,38,44)(H,36,37,39). The maximum Gasteiger partial charge on any atom is 0.255 e. The molecule has 3 N–H and O–H groups in total. The SMILES string of the molecule is Cc1ccc(C(=O)Nc2ccc(CN3CCN(C)CC3)c(F)c2)cc1C#Cc1cnc(Nc2cn(CC(C)(C)O)nc2C)nc1. The molecule has 0 unspecified atom stereocenters. The number of rotatable bonds is 8. The number of carbonyl (C=O) groups is 1. The molecule has 0 atom stereocenters. The Bertz CT molecular complexity index is 1730. The molecule has 5 rings (SSSR count). The molecule has 1 fully saturated rings. The van der Waals surface area contributed by atoms with Crippen molar-refractivity contribution in [3.63, 3.8) is 0 Å². The van der Waals surface area contributed by atoms with Gasteiger partial charge in [0.15, 0.2) is 0 Å². The van der Waals surface area contributed by atoms with Crippen LogP contribution >= 0.6 is 0 Å². The van der Waals surface area contributed by atoms with Crippen LogP contribution in [0.5, 0.6) is 0 Å². The molecule has 3 heterocycles. The fourth-order valence-electron chi connectivity index (χ4n) is 4.94. The van der Waals surface area contributed by atoms with E-state index in [1.807, 2.05) is 19.9 Å². The van der Waals surface area contributed by atoms with Crippen LogP contribution in [0.15, 0.2) is 55.0 Å². The second kappa shape index (κ2) is 13.6. The summed E-state index contributed by atoms with van der Waals surface area (Å²) >= 11 is 0. The van der Waals surface area contributed by atoms with Crippen LogP contribution in [-0.2, 0) is 13.1 Å². The van der Waals surface area contributed by atoms with Crippen LogP contribution in [0.2, 0.25) is 0 Å². The Morgan fingerprint density at radius 2 is 1.78 bits per heavy atom. The fourth-order valence-corrected chi connectivity index (χ4v) is 4.94. The Hall–Kier alpha value is -4.63. The molecular formula is C34H39FN8O2. The quantitative estimate of drug-likeness (QED) is 0.253. The minimum absolute atomic E-state index is 0.332. The third-order valence-corrected chi connectivity index (χ3v) is 7.54. The molecule has 1 saturated heterocycles. The fraction of sp³-hybridized carbons (Fsp3) is 0.353. The first-order chi connectivity index (χ1) is 21.4. The number of carbonyl (C=O) groups excluding carboxylic acids is 1. The van der Waals surface area contributed by atoms with Crippen molar-refractivity contribution in [3.05, 3.63) is 94.3 Å². The van der Waals surface area contributed by atoms with E-state index in [2.05, 4.69) is 54.4 Å². The van der Waals surface area contributed by atoms with Crippen LogP contribution in [0.3, 0.4) is 0 Å². The number of amides is 1. The van der Waals surface area contributed by atoms with Crippen LogP contribution < -0.4 is 10.6 Å². The largest absolute Gasteiger partial charge is 0.389 e. The van der Waals surface area contributed by atoms with Crippen LogP contribution in [0.1, 0.15) is 52.2 Å². The van der Waals surface area contributed by atoms with Crippen molar-refractivity contribution >= 4 is 23.2 Å². The van der Waals surface area contributed by atoms with E-state index in [9.17, 15) is 14.3 Å². The van der Waals surface area contributed by atoms with Gasteiger partial charge in [-0.05, 0) is 64.6 Å². The summed E-state index contributed by atoms with van der Waals surface area (Å²) in [7, 11) is 2.09. The van der Waals surface area contributed by atoms with E-state index in [1.54, 1.807) is 61.4 Å². The summed E-state index contributed by atoms with van der Waals surface area (Å²) in [6.07, 6.45) is 5.04. The number of hydrogen-bond donors (Lipinski definition) is 3. The monoisotopic (exact) mass is 610 g/mol. The Labute approximate surface area is 263 Å². The maximum absolute atomic E-state index is 14.9. The first-order valence-corrected chi connectivity index (χ1v) is 14.9. The lowest BCUT2D eigenvalue weighted by atomic mass is 10.0. The summed E-state index contributed by atoms with van der Waals surface area (Å²) in [5.41, 5.74) is 4.27. The first kappa shape index (κ1) is 31.8. The number of anilines is 3. The van der Waals surface area contributed by atoms with E-state index in [-0.39, 0.29) is 11.7 Å². The van der Waals surface area contributed by atoms with Gasteiger partial charge in [0.05, 0.1) is 29.1 Å². The predicted octanol–water partition coefficient (Wildman–Crippen LogP) is 4.34. The smallest absolute Gasteiger partial charge is 0.255 e. The molecular weight excluding hydrogens is 571 g/mol. The number of benzene rings is 2. The van der Waals surface area contributed by atoms with Gasteiger partial charge in [0.25, 0.3) is 5.91 Å². The topological polar surface area (TPSA) is 111 Å². The number of nitrogens with zero attached hydrogens (tertiary/aromatic N) is 6. The second-order valence-electron chi connectivity index (χ2n) is 12.2. The first-order valence-electron chi connectivity index (χ1n) is 14.9. The van der Waals surface area contributed by atoms with Gasteiger partial charge in [0.1, 0.15) is 5.82 Å². The van der Waals surface area contributed by atoms with Crippen molar-refractivity contribution in [2.24, 2.45) is 0 Å². The molecule has 1 amide bonds. The Kier molecular flexibility index (Phi) is 9.58. The molecule has 4 aromatic rings. The molecule has 1 aliphatic heterocycles. The number of aliphatic hydroxyl groups is 1. The van der Waals surface area contributed by atoms with Gasteiger partial charge in [0.2, 0.25) is 5.95 Å². The average Bonchev–Trinajstić information content (AvgIpc) is 3.32. The number of likely N-dealkylation sites (N-methyl/N-ethyl adjacent to an activating group) is 1. The zero-order valence-electron chi connectivity index (χ0n) is 26.4. The highest BCUT2D eigenvalue weighted by molar-refractivity contribution is 6.04. The molecule has 45 heavy (non-hydrogen) atoms. The lowest BCUT2D eigenvalue weighted by Gasteiger charge is -2.32. The van der Waals surface area contributed by atoms with Crippen molar-refractivity contribution in [2.75, 3.05) is 43.9 Å². The molecule has 2 aromatic carbocycles. The van der Waals surface area contributed by atoms with Crippen LogP contribution in [0, 0.1) is 31.5 Å². The number of aromatic nitrogens is 4. The lowest BCUT2D eigenvalue weighted by molar-refractivity contribution is 0.0577. The summed E-state index contributed by atoms with van der Waals surface area (Å²) in [5, 5.41) is 20.4. The Morgan fingerprint density at radius 3 is 2.47 bits per heavy atom. The van der Waals surface area contributed by atoms with Crippen molar-refractivity contribution < 1.29 is 14.3 Å². The van der Waals surface area contributed by atoms with E-state index in [4.69, 9.17) is 0 Å². The highest BCUT2D eigenvalue weighted by atomic mass is 19.1. The Morgan fingerprint density at radius 1 is 1.04 bits per heavy atom. The lowest BCUT2D eigenvalue weighted by Crippen LogP contribution is -2.44. The average molecular weight is 611 g/mol. The third kappa shape index (κ3) is 8.73. The summed E-state index contributed by atoms with van der Waals surface area (Å²) < 4.78 is 16.6. The normalized spacial score (nSPS) is 14.1. The molecule has 0 bridgehead atoms. The molecule has 0 spiro atoms. The van der Waals surface area contributed by atoms with E-state index >= 15 is 0 Å². The minimum atomic E-state index is -0.884. The molecule has 234 valence electrons. The number of halogens is 1. The number of piperazine rings is 1. The third-order valence-electron chi connectivity index (χ3n) is 7.54. The van der Waals surface area contributed by atoms with Crippen molar-refractivity contribution in [3.8, 4) is 11.8 Å². The van der Waals surface area contributed by atoms with Crippen LogP contribution in [0.25, 0.3) is 0 Å². The van der Waals surface area contributed by atoms with Crippen molar-refractivity contribution in [2.45, 2.75) is 46.4 Å². The zero-order valence-corrected chi connectivity index (χ0v) is 26.4. The van der Waals surface area contributed by atoms with Gasteiger partial charge in [-0.2, -0.15) is 5.10 Å². The molecule has 2 aromatic heterocycles. The number of hydrogen-bond acceptors (Lipinski definition) is 8. The molecule has 10 nitrogen and oxygen atoms in total. The number of nitrogens with one attached hydrogen (secondary N) is 2. The summed E-state index contributed by atoms with van der Waals surface area (Å²) in [6, 6.07) is 10.1. The van der Waals surface area contributed by atoms with Gasteiger partial charge in [0, 0.05) is 73.7 Å². The van der Waals surface area contributed by atoms with Gasteiger partial charge >= 0.3 is 0 Å². The van der Waals surface area contributed by atoms with Gasteiger partial charge in [-0.1, -0.05) is 24.0 Å². The highest BCUT2D eigenvalue weighted by Crippen LogP contribution is 2.20. The molecule has 0 radical (unpaired) electrons. The number of aryl methyl sites for hydroxylation is 2. The molecule has 1 aliphatic rings. The maximum atomic E-state index is 14.9. The van der Waals surface area contributed by atoms with Gasteiger partial charge < -0.3 is 20.6 Å². The van der Waals surface area contributed by atoms with E-state index in [1.165, 1.54) is 6.07 Å². The zero-order chi connectivity index (χ0) is 32.1. The molecule has 0 saturated carbocycles. The minimum Gasteiger partial charge on any atom is -0.389 e. The molecule has 11 heteroatoms. The van der Waals surface area contributed by atoms with Crippen molar-refractivity contribution in [1.29, 1.82) is 0 Å². The van der Waals surface area contributed by atoms with Gasteiger partial charge in [-0.15, -0.1) is 0 Å². The second-order valence-corrected chi connectivity index (χ2v) is 12.2. The van der Waals surface area contributed by atoms with Gasteiger partial charge in [-0.25, -0.2) is 14.4 Å². The summed E-state index contributed by atoms with van der Waals surface area (Å²) in [4.78, 5) is 26.3. The van der Waals surface area contributed by atoms with Crippen molar-refractivity contribution in [1.82, 2.24) is 29.5 Å². The van der Waals surface area contributed by atoms with Gasteiger partial charge in [-0.3, -0.25) is 14.4 Å². The Balaban J connectivity index is 1.21. The van der Waals surface area contributed by atoms with E-state index < -0.39 is 5.60 Å². The van der Waals surface area contributed by atoms with Crippen LogP contribution in [-0.4, -0.2) is 79.4 Å². The van der Waals surface area contributed by atoms with E-state index in [0.717, 1.165) is 43.1 Å². The highest BCUT2D eigenvalue weighted by Gasteiger charge is 2.17.